The molecule has 1 atom stereocenters. The lowest BCUT2D eigenvalue weighted by Gasteiger charge is -2.08. The van der Waals surface area contributed by atoms with Crippen molar-refractivity contribution in [2.45, 2.75) is 11.7 Å². The standard InChI is InChI=1S/C6H13NOS/c8-5-6-4-7-2-1-3-9-6/h6-8H,1-5H2. The first-order valence-electron chi connectivity index (χ1n) is 3.36. The summed E-state index contributed by atoms with van der Waals surface area (Å²) in [5.41, 5.74) is 0. The molecule has 3 heteroatoms. The van der Waals surface area contributed by atoms with Gasteiger partial charge in [-0.1, -0.05) is 0 Å². The molecule has 0 aliphatic carbocycles. The van der Waals surface area contributed by atoms with E-state index < -0.39 is 0 Å². The molecule has 0 radical (unpaired) electrons. The molecule has 54 valence electrons. The number of aliphatic hydroxyl groups excluding tert-OH is 1. The van der Waals surface area contributed by atoms with E-state index in [1.54, 1.807) is 0 Å². The van der Waals surface area contributed by atoms with E-state index in [4.69, 9.17) is 5.11 Å². The lowest BCUT2D eigenvalue weighted by Crippen LogP contribution is -2.25. The lowest BCUT2D eigenvalue weighted by molar-refractivity contribution is 0.293. The van der Waals surface area contributed by atoms with Crippen molar-refractivity contribution in [1.82, 2.24) is 5.32 Å². The molecule has 0 aromatic heterocycles. The maximum absolute atomic E-state index is 8.76. The second kappa shape index (κ2) is 4.14. The summed E-state index contributed by atoms with van der Waals surface area (Å²) in [4.78, 5) is 0. The van der Waals surface area contributed by atoms with E-state index in [2.05, 4.69) is 5.32 Å². The molecule has 0 bridgehead atoms. The van der Waals surface area contributed by atoms with Crippen LogP contribution in [0, 0.1) is 0 Å². The molecule has 0 saturated carbocycles. The van der Waals surface area contributed by atoms with E-state index in [9.17, 15) is 0 Å². The quantitative estimate of drug-likeness (QED) is 0.550. The van der Waals surface area contributed by atoms with Crippen molar-refractivity contribution < 1.29 is 5.11 Å². The van der Waals surface area contributed by atoms with Crippen LogP contribution in [0.3, 0.4) is 0 Å². The summed E-state index contributed by atoms with van der Waals surface area (Å²) in [7, 11) is 0. The smallest absolute Gasteiger partial charge is 0.0562 e. The van der Waals surface area contributed by atoms with Gasteiger partial charge in [0.1, 0.15) is 0 Å². The number of hydrogen-bond acceptors (Lipinski definition) is 3. The van der Waals surface area contributed by atoms with Gasteiger partial charge in [0.2, 0.25) is 0 Å². The first-order chi connectivity index (χ1) is 4.43. The number of nitrogens with one attached hydrogen (secondary N) is 1. The molecule has 0 aromatic rings. The first kappa shape index (κ1) is 7.38. The zero-order valence-electron chi connectivity index (χ0n) is 5.47. The summed E-state index contributed by atoms with van der Waals surface area (Å²) in [5, 5.41) is 12.5. The van der Waals surface area contributed by atoms with Crippen molar-refractivity contribution in [3.8, 4) is 0 Å². The largest absolute Gasteiger partial charge is 0.395 e. The summed E-state index contributed by atoms with van der Waals surface area (Å²) >= 11 is 1.87. The van der Waals surface area contributed by atoms with Gasteiger partial charge in [0.25, 0.3) is 0 Å². The van der Waals surface area contributed by atoms with E-state index in [1.807, 2.05) is 11.8 Å². The minimum atomic E-state index is 0.317. The Morgan fingerprint density at radius 2 is 2.56 bits per heavy atom. The second-order valence-corrected chi connectivity index (χ2v) is 3.64. The second-order valence-electron chi connectivity index (χ2n) is 2.23. The summed E-state index contributed by atoms with van der Waals surface area (Å²) in [6.45, 7) is 2.41. The average Bonchev–Trinajstić information content (AvgIpc) is 2.13. The summed E-state index contributed by atoms with van der Waals surface area (Å²) in [5.74, 6) is 1.19. The molecule has 1 saturated heterocycles. The van der Waals surface area contributed by atoms with Gasteiger partial charge in [-0.15, -0.1) is 0 Å². The zero-order valence-corrected chi connectivity index (χ0v) is 6.28. The van der Waals surface area contributed by atoms with Crippen LogP contribution in [0.5, 0.6) is 0 Å². The van der Waals surface area contributed by atoms with Crippen LogP contribution in [0.15, 0.2) is 0 Å². The van der Waals surface area contributed by atoms with Gasteiger partial charge in [-0.2, -0.15) is 11.8 Å². The molecular weight excluding hydrogens is 134 g/mol. The Balaban J connectivity index is 2.18. The molecule has 2 nitrogen and oxygen atoms in total. The van der Waals surface area contributed by atoms with Gasteiger partial charge in [0.15, 0.2) is 0 Å². The van der Waals surface area contributed by atoms with E-state index in [-0.39, 0.29) is 0 Å². The lowest BCUT2D eigenvalue weighted by atomic mass is 10.4. The SMILES string of the molecule is OCC1CNCCCS1. The highest BCUT2D eigenvalue weighted by Crippen LogP contribution is 2.12. The van der Waals surface area contributed by atoms with Crippen molar-refractivity contribution in [2.24, 2.45) is 0 Å². The molecule has 1 rings (SSSR count). The van der Waals surface area contributed by atoms with Gasteiger partial charge in [-0.05, 0) is 18.7 Å². The molecule has 9 heavy (non-hydrogen) atoms. The fraction of sp³-hybridized carbons (Fsp3) is 1.00. The van der Waals surface area contributed by atoms with Crippen LogP contribution in [0.4, 0.5) is 0 Å². The highest BCUT2D eigenvalue weighted by atomic mass is 32.2. The van der Waals surface area contributed by atoms with E-state index in [0.29, 0.717) is 11.9 Å². The Morgan fingerprint density at radius 3 is 3.33 bits per heavy atom. The Bertz CT molecular complexity index is 71.5. The monoisotopic (exact) mass is 147 g/mol. The molecule has 1 aliphatic heterocycles. The van der Waals surface area contributed by atoms with E-state index in [0.717, 1.165) is 13.1 Å². The number of rotatable bonds is 1. The van der Waals surface area contributed by atoms with Crippen molar-refractivity contribution in [3.05, 3.63) is 0 Å². The highest BCUT2D eigenvalue weighted by Gasteiger charge is 2.09. The first-order valence-corrected chi connectivity index (χ1v) is 4.41. The molecule has 2 N–H and O–H groups in total. The van der Waals surface area contributed by atoms with Gasteiger partial charge in [0, 0.05) is 11.8 Å². The Kier molecular flexibility index (Phi) is 3.40. The van der Waals surface area contributed by atoms with E-state index in [1.165, 1.54) is 12.2 Å². The molecule has 1 heterocycles. The third kappa shape index (κ3) is 2.56. The van der Waals surface area contributed by atoms with E-state index >= 15 is 0 Å². The molecule has 1 fully saturated rings. The number of thioether (sulfide) groups is 1. The van der Waals surface area contributed by atoms with Crippen molar-refractivity contribution >= 4 is 11.8 Å². The maximum Gasteiger partial charge on any atom is 0.0562 e. The predicted molar refractivity (Wildman–Crippen MR) is 40.8 cm³/mol. The zero-order chi connectivity index (χ0) is 6.53. The van der Waals surface area contributed by atoms with Crippen LogP contribution < -0.4 is 5.32 Å². The summed E-state index contributed by atoms with van der Waals surface area (Å²) in [6.07, 6.45) is 1.24. The molecule has 0 aromatic carbocycles. The van der Waals surface area contributed by atoms with Gasteiger partial charge in [0.05, 0.1) is 6.61 Å². The van der Waals surface area contributed by atoms with Gasteiger partial charge < -0.3 is 10.4 Å². The molecule has 1 unspecified atom stereocenters. The van der Waals surface area contributed by atoms with Crippen LogP contribution in [0.1, 0.15) is 6.42 Å². The highest BCUT2D eigenvalue weighted by molar-refractivity contribution is 7.99. The number of aliphatic hydroxyl groups is 1. The maximum atomic E-state index is 8.76. The van der Waals surface area contributed by atoms with Gasteiger partial charge >= 0.3 is 0 Å². The predicted octanol–water partition coefficient (Wildman–Crippen LogP) is 0.0738. The third-order valence-corrected chi connectivity index (χ3v) is 2.74. The summed E-state index contributed by atoms with van der Waals surface area (Å²) < 4.78 is 0. The van der Waals surface area contributed by atoms with Crippen LogP contribution in [-0.4, -0.2) is 35.8 Å². The molecule has 0 amide bonds. The minimum absolute atomic E-state index is 0.317. The van der Waals surface area contributed by atoms with Crippen molar-refractivity contribution in [2.75, 3.05) is 25.4 Å². The minimum Gasteiger partial charge on any atom is -0.395 e. The summed E-state index contributed by atoms with van der Waals surface area (Å²) in [6, 6.07) is 0. The van der Waals surface area contributed by atoms with Crippen LogP contribution in [0.25, 0.3) is 0 Å². The average molecular weight is 147 g/mol. The van der Waals surface area contributed by atoms with Gasteiger partial charge in [-0.25, -0.2) is 0 Å². The number of hydrogen-bond donors (Lipinski definition) is 2. The Hall–Kier alpha value is 0.270. The van der Waals surface area contributed by atoms with Crippen LogP contribution >= 0.6 is 11.8 Å². The Morgan fingerprint density at radius 1 is 1.67 bits per heavy atom. The van der Waals surface area contributed by atoms with Gasteiger partial charge in [-0.3, -0.25) is 0 Å². The normalized spacial score (nSPS) is 29.7. The van der Waals surface area contributed by atoms with Crippen LogP contribution in [0.2, 0.25) is 0 Å². The van der Waals surface area contributed by atoms with Crippen molar-refractivity contribution in [3.63, 3.8) is 0 Å². The fourth-order valence-electron chi connectivity index (χ4n) is 0.886. The fourth-order valence-corrected chi connectivity index (χ4v) is 1.87. The Labute approximate surface area is 60.0 Å². The molecular formula is C6H13NOS. The third-order valence-electron chi connectivity index (χ3n) is 1.43. The molecule has 0 spiro atoms. The molecule has 1 aliphatic rings. The van der Waals surface area contributed by atoms with Crippen molar-refractivity contribution in [1.29, 1.82) is 0 Å². The topological polar surface area (TPSA) is 32.3 Å². The van der Waals surface area contributed by atoms with Crippen LogP contribution in [-0.2, 0) is 0 Å².